The molecule has 18 heavy (non-hydrogen) atoms. The molecule has 0 radical (unpaired) electrons. The number of aryl methyl sites for hydroxylation is 1. The second-order valence-electron chi connectivity index (χ2n) is 5.01. The Morgan fingerprint density at radius 3 is 2.67 bits per heavy atom. The summed E-state index contributed by atoms with van der Waals surface area (Å²) < 4.78 is 7.20. The second kappa shape index (κ2) is 7.80. The largest absolute Gasteiger partial charge is 0.489 e. The zero-order chi connectivity index (χ0) is 13.5. The second-order valence-corrected chi connectivity index (χ2v) is 5.93. The molecule has 0 saturated carbocycles. The topological polar surface area (TPSA) is 21.3 Å². The van der Waals surface area contributed by atoms with Gasteiger partial charge in [-0.1, -0.05) is 42.8 Å². The first kappa shape index (κ1) is 15.5. The normalized spacial score (nSPS) is 12.8. The van der Waals surface area contributed by atoms with E-state index in [1.807, 2.05) is 12.1 Å². The first-order chi connectivity index (χ1) is 8.54. The summed E-state index contributed by atoms with van der Waals surface area (Å²) in [6.07, 6.45) is 1.37. The number of nitrogens with one attached hydrogen (secondary N) is 1. The highest BCUT2D eigenvalue weighted by Gasteiger charge is 2.15. The molecule has 102 valence electrons. The fourth-order valence-electron chi connectivity index (χ4n) is 1.70. The van der Waals surface area contributed by atoms with Crippen molar-refractivity contribution in [2.75, 3.05) is 13.1 Å². The molecule has 2 nitrogen and oxygen atoms in total. The van der Waals surface area contributed by atoms with Gasteiger partial charge in [0.2, 0.25) is 0 Å². The van der Waals surface area contributed by atoms with E-state index in [2.05, 4.69) is 55.0 Å². The van der Waals surface area contributed by atoms with Crippen LogP contribution in [0.2, 0.25) is 0 Å². The number of rotatable bonds is 7. The molecule has 3 heteroatoms. The number of hydrogen-bond donors (Lipinski definition) is 1. The van der Waals surface area contributed by atoms with Crippen LogP contribution in [-0.2, 0) is 0 Å². The standard InChI is InChI=1S/C15H24BrNO/c1-5-8-17-10-15(11(2)3)18-14-9-13(16)7-6-12(14)4/h6-7,9,11,15,17H,5,8,10H2,1-4H3. The number of benzene rings is 1. The molecule has 1 aromatic rings. The molecule has 0 bridgehead atoms. The lowest BCUT2D eigenvalue weighted by atomic mass is 10.1. The lowest BCUT2D eigenvalue weighted by Gasteiger charge is -2.24. The van der Waals surface area contributed by atoms with Gasteiger partial charge in [-0.25, -0.2) is 0 Å². The maximum atomic E-state index is 6.14. The minimum Gasteiger partial charge on any atom is -0.489 e. The Morgan fingerprint density at radius 2 is 2.06 bits per heavy atom. The molecule has 0 amide bonds. The smallest absolute Gasteiger partial charge is 0.123 e. The van der Waals surface area contributed by atoms with Crippen LogP contribution in [-0.4, -0.2) is 19.2 Å². The summed E-state index contributed by atoms with van der Waals surface area (Å²) in [5.74, 6) is 1.47. The SMILES string of the molecule is CCCNCC(Oc1cc(Br)ccc1C)C(C)C. The molecule has 1 unspecified atom stereocenters. The van der Waals surface area contributed by atoms with Gasteiger partial charge in [-0.2, -0.15) is 0 Å². The van der Waals surface area contributed by atoms with Crippen molar-refractivity contribution in [3.8, 4) is 5.75 Å². The Hall–Kier alpha value is -0.540. The molecule has 0 aromatic heterocycles. The third-order valence-electron chi connectivity index (χ3n) is 2.94. The molecule has 0 aliphatic heterocycles. The summed E-state index contributed by atoms with van der Waals surface area (Å²) in [4.78, 5) is 0. The molecule has 0 spiro atoms. The predicted octanol–water partition coefficient (Wildman–Crippen LogP) is 4.16. The van der Waals surface area contributed by atoms with Gasteiger partial charge in [0.1, 0.15) is 11.9 Å². The minimum absolute atomic E-state index is 0.213. The van der Waals surface area contributed by atoms with Gasteiger partial charge in [0.25, 0.3) is 0 Å². The highest BCUT2D eigenvalue weighted by molar-refractivity contribution is 9.10. The van der Waals surface area contributed by atoms with E-state index in [-0.39, 0.29) is 6.10 Å². The number of ether oxygens (including phenoxy) is 1. The summed E-state index contributed by atoms with van der Waals surface area (Å²) in [6.45, 7) is 10.6. The Kier molecular flexibility index (Phi) is 6.72. The molecule has 1 atom stereocenters. The Balaban J connectivity index is 2.67. The first-order valence-electron chi connectivity index (χ1n) is 6.68. The van der Waals surface area contributed by atoms with E-state index in [9.17, 15) is 0 Å². The highest BCUT2D eigenvalue weighted by Crippen LogP contribution is 2.25. The summed E-state index contributed by atoms with van der Waals surface area (Å²) in [6, 6.07) is 6.17. The number of halogens is 1. The van der Waals surface area contributed by atoms with E-state index in [1.165, 1.54) is 5.56 Å². The molecule has 1 rings (SSSR count). The van der Waals surface area contributed by atoms with Crippen LogP contribution >= 0.6 is 15.9 Å². The van der Waals surface area contributed by atoms with Gasteiger partial charge in [-0.3, -0.25) is 0 Å². The van der Waals surface area contributed by atoms with Crippen LogP contribution in [0.1, 0.15) is 32.8 Å². The van der Waals surface area contributed by atoms with Crippen molar-refractivity contribution in [2.24, 2.45) is 5.92 Å². The summed E-state index contributed by atoms with van der Waals surface area (Å²) in [7, 11) is 0. The van der Waals surface area contributed by atoms with Gasteiger partial charge in [-0.05, 0) is 43.5 Å². The average Bonchev–Trinajstić information content (AvgIpc) is 2.32. The quantitative estimate of drug-likeness (QED) is 0.763. The Labute approximate surface area is 119 Å². The third kappa shape index (κ3) is 4.99. The van der Waals surface area contributed by atoms with Gasteiger partial charge in [0.15, 0.2) is 0 Å². The van der Waals surface area contributed by atoms with Gasteiger partial charge >= 0.3 is 0 Å². The Bertz CT molecular complexity index is 366. The van der Waals surface area contributed by atoms with Crippen LogP contribution < -0.4 is 10.1 Å². The lowest BCUT2D eigenvalue weighted by Crippen LogP contribution is -2.35. The maximum absolute atomic E-state index is 6.14. The molecule has 0 aliphatic carbocycles. The predicted molar refractivity (Wildman–Crippen MR) is 81.3 cm³/mol. The van der Waals surface area contributed by atoms with E-state index >= 15 is 0 Å². The van der Waals surface area contributed by atoms with Crippen molar-refractivity contribution < 1.29 is 4.74 Å². The molecule has 0 aliphatic rings. The van der Waals surface area contributed by atoms with Crippen molar-refractivity contribution >= 4 is 15.9 Å². The zero-order valence-electron chi connectivity index (χ0n) is 11.8. The average molecular weight is 314 g/mol. The molecule has 0 heterocycles. The molecule has 0 fully saturated rings. The van der Waals surface area contributed by atoms with Gasteiger partial charge in [-0.15, -0.1) is 0 Å². The van der Waals surface area contributed by atoms with Gasteiger partial charge in [0.05, 0.1) is 0 Å². The van der Waals surface area contributed by atoms with E-state index in [4.69, 9.17) is 4.74 Å². The zero-order valence-corrected chi connectivity index (χ0v) is 13.4. The number of hydrogen-bond acceptors (Lipinski definition) is 2. The Morgan fingerprint density at radius 1 is 1.33 bits per heavy atom. The molecular formula is C15H24BrNO. The van der Waals surface area contributed by atoms with Crippen molar-refractivity contribution in [1.82, 2.24) is 5.32 Å². The first-order valence-corrected chi connectivity index (χ1v) is 7.47. The third-order valence-corrected chi connectivity index (χ3v) is 3.44. The minimum atomic E-state index is 0.213. The van der Waals surface area contributed by atoms with Crippen LogP contribution in [0.3, 0.4) is 0 Å². The van der Waals surface area contributed by atoms with Gasteiger partial charge in [0, 0.05) is 11.0 Å². The van der Waals surface area contributed by atoms with E-state index in [0.717, 1.165) is 29.7 Å². The fraction of sp³-hybridized carbons (Fsp3) is 0.600. The summed E-state index contributed by atoms with van der Waals surface area (Å²) >= 11 is 3.49. The molecule has 0 saturated heterocycles. The van der Waals surface area contributed by atoms with Crippen molar-refractivity contribution in [3.63, 3.8) is 0 Å². The van der Waals surface area contributed by atoms with Crippen molar-refractivity contribution in [1.29, 1.82) is 0 Å². The molecule has 1 aromatic carbocycles. The van der Waals surface area contributed by atoms with Crippen LogP contribution in [0, 0.1) is 12.8 Å². The molecular weight excluding hydrogens is 290 g/mol. The van der Waals surface area contributed by atoms with Crippen LogP contribution in [0.15, 0.2) is 22.7 Å². The van der Waals surface area contributed by atoms with E-state index in [0.29, 0.717) is 5.92 Å². The lowest BCUT2D eigenvalue weighted by molar-refractivity contribution is 0.148. The van der Waals surface area contributed by atoms with E-state index in [1.54, 1.807) is 0 Å². The van der Waals surface area contributed by atoms with Crippen molar-refractivity contribution in [2.45, 2.75) is 40.2 Å². The van der Waals surface area contributed by atoms with Crippen molar-refractivity contribution in [3.05, 3.63) is 28.2 Å². The van der Waals surface area contributed by atoms with Crippen LogP contribution in [0.25, 0.3) is 0 Å². The molecule has 1 N–H and O–H groups in total. The summed E-state index contributed by atoms with van der Waals surface area (Å²) in [5, 5.41) is 3.43. The van der Waals surface area contributed by atoms with Crippen LogP contribution in [0.4, 0.5) is 0 Å². The highest BCUT2D eigenvalue weighted by atomic mass is 79.9. The van der Waals surface area contributed by atoms with E-state index < -0.39 is 0 Å². The maximum Gasteiger partial charge on any atom is 0.123 e. The van der Waals surface area contributed by atoms with Gasteiger partial charge < -0.3 is 10.1 Å². The summed E-state index contributed by atoms with van der Waals surface area (Å²) in [5.41, 5.74) is 1.18. The fourth-order valence-corrected chi connectivity index (χ4v) is 2.04. The van der Waals surface area contributed by atoms with Crippen LogP contribution in [0.5, 0.6) is 5.75 Å². The monoisotopic (exact) mass is 313 g/mol.